The topological polar surface area (TPSA) is 84.2 Å². The van der Waals surface area contributed by atoms with Crippen LogP contribution in [-0.4, -0.2) is 37.1 Å². The van der Waals surface area contributed by atoms with Crippen molar-refractivity contribution in [3.8, 4) is 0 Å². The molecule has 2 rings (SSSR count). The summed E-state index contributed by atoms with van der Waals surface area (Å²) in [6.07, 6.45) is 1.38. The Labute approximate surface area is 121 Å². The Morgan fingerprint density at radius 2 is 2.15 bits per heavy atom. The molecule has 0 spiro atoms. The van der Waals surface area contributed by atoms with Gasteiger partial charge in [-0.1, -0.05) is 11.6 Å². The number of nitrogens with one attached hydrogen (secondary N) is 2. The highest BCUT2D eigenvalue weighted by Crippen LogP contribution is 2.15. The van der Waals surface area contributed by atoms with E-state index >= 15 is 0 Å². The first-order chi connectivity index (χ1) is 9.26. The Kier molecular flexibility index (Phi) is 3.80. The van der Waals surface area contributed by atoms with Crippen LogP contribution in [0, 0.1) is 0 Å². The van der Waals surface area contributed by atoms with E-state index in [4.69, 9.17) is 11.6 Å². The predicted molar refractivity (Wildman–Crippen MR) is 76.8 cm³/mol. The molecule has 0 aliphatic rings. The maximum atomic E-state index is 12.1. The van der Waals surface area contributed by atoms with Crippen molar-refractivity contribution >= 4 is 29.1 Å². The van der Waals surface area contributed by atoms with Gasteiger partial charge < -0.3 is 10.6 Å². The second-order valence-corrected chi connectivity index (χ2v) is 5.93. The summed E-state index contributed by atoms with van der Waals surface area (Å²) in [6.45, 7) is 7.54. The highest BCUT2D eigenvalue weighted by Gasteiger charge is 2.20. The predicted octanol–water partition coefficient (Wildman–Crippen LogP) is 1.49. The van der Waals surface area contributed by atoms with Crippen molar-refractivity contribution < 1.29 is 4.79 Å². The summed E-state index contributed by atoms with van der Waals surface area (Å²) in [7, 11) is 0. The molecule has 0 radical (unpaired) electrons. The first-order valence-electron chi connectivity index (χ1n) is 6.21. The average Bonchev–Trinajstić information content (AvgIpc) is 2.74. The maximum Gasteiger partial charge on any atom is 0.255 e. The average molecular weight is 297 g/mol. The van der Waals surface area contributed by atoms with Crippen LogP contribution in [0.25, 0.3) is 5.78 Å². The molecule has 0 aliphatic heterocycles. The van der Waals surface area contributed by atoms with E-state index in [-0.39, 0.29) is 16.6 Å². The van der Waals surface area contributed by atoms with Crippen LogP contribution in [0.5, 0.6) is 0 Å². The van der Waals surface area contributed by atoms with E-state index in [1.807, 2.05) is 20.8 Å². The molecular formula is C12H17ClN6O. The molecular weight excluding hydrogens is 280 g/mol. The number of rotatable bonds is 3. The van der Waals surface area contributed by atoms with E-state index in [0.29, 0.717) is 11.6 Å². The second kappa shape index (κ2) is 5.24. The van der Waals surface area contributed by atoms with Crippen molar-refractivity contribution in [1.82, 2.24) is 24.9 Å². The zero-order valence-electron chi connectivity index (χ0n) is 11.8. The first-order valence-corrected chi connectivity index (χ1v) is 6.59. The number of hydrogen-bond acceptors (Lipinski definition) is 5. The third-order valence-electron chi connectivity index (χ3n) is 2.48. The summed E-state index contributed by atoms with van der Waals surface area (Å²) in [5.74, 6) is 0.830. The van der Waals surface area contributed by atoms with E-state index in [2.05, 4.69) is 25.7 Å². The van der Waals surface area contributed by atoms with Gasteiger partial charge >= 0.3 is 0 Å². The molecule has 0 saturated heterocycles. The van der Waals surface area contributed by atoms with E-state index < -0.39 is 6.04 Å². The van der Waals surface area contributed by atoms with Crippen LogP contribution in [0.3, 0.4) is 0 Å². The first kappa shape index (κ1) is 14.5. The lowest BCUT2D eigenvalue weighted by atomic mass is 10.1. The van der Waals surface area contributed by atoms with Crippen LogP contribution >= 0.6 is 11.6 Å². The van der Waals surface area contributed by atoms with E-state index in [0.717, 1.165) is 0 Å². The smallest absolute Gasteiger partial charge is 0.255 e. The van der Waals surface area contributed by atoms with E-state index in [1.165, 1.54) is 10.8 Å². The van der Waals surface area contributed by atoms with Gasteiger partial charge in [-0.3, -0.25) is 4.79 Å². The fourth-order valence-electron chi connectivity index (χ4n) is 1.65. The molecule has 0 saturated carbocycles. The summed E-state index contributed by atoms with van der Waals surface area (Å²) in [5, 5.41) is 10.3. The van der Waals surface area contributed by atoms with Gasteiger partial charge in [0, 0.05) is 11.6 Å². The van der Waals surface area contributed by atoms with E-state index in [9.17, 15) is 4.79 Å². The standard InChI is InChI=1S/C12H17ClN6O/c1-7(10(20)18-12(2,3)4)16-9-5-8(13)17-11-14-6-15-19(9)11/h5-7,16H,1-4H3,(H,18,20). The molecule has 2 aromatic heterocycles. The number of halogens is 1. The number of hydrogen-bond donors (Lipinski definition) is 2. The molecule has 2 N–H and O–H groups in total. The third-order valence-corrected chi connectivity index (χ3v) is 2.67. The maximum absolute atomic E-state index is 12.1. The molecule has 0 aromatic carbocycles. The lowest BCUT2D eigenvalue weighted by Gasteiger charge is -2.24. The molecule has 20 heavy (non-hydrogen) atoms. The summed E-state index contributed by atoms with van der Waals surface area (Å²) in [4.78, 5) is 20.0. The van der Waals surface area contributed by atoms with Gasteiger partial charge in [-0.2, -0.15) is 19.6 Å². The summed E-state index contributed by atoms with van der Waals surface area (Å²) >= 11 is 5.92. The SMILES string of the molecule is CC(Nc1cc(Cl)nc2ncnn12)C(=O)NC(C)(C)C. The molecule has 1 unspecified atom stereocenters. The molecule has 0 aliphatic carbocycles. The summed E-state index contributed by atoms with van der Waals surface area (Å²) in [6, 6.07) is 1.16. The van der Waals surface area contributed by atoms with Gasteiger partial charge in [-0.25, -0.2) is 0 Å². The fraction of sp³-hybridized carbons (Fsp3) is 0.500. The number of carbonyl (C=O) groups excluding carboxylic acids is 1. The van der Waals surface area contributed by atoms with Gasteiger partial charge in [0.25, 0.3) is 5.78 Å². The lowest BCUT2D eigenvalue weighted by Crippen LogP contribution is -2.47. The second-order valence-electron chi connectivity index (χ2n) is 5.54. The molecule has 8 heteroatoms. The number of aromatic nitrogens is 4. The van der Waals surface area contributed by atoms with Crippen molar-refractivity contribution in [2.45, 2.75) is 39.3 Å². The van der Waals surface area contributed by atoms with Gasteiger partial charge in [0.15, 0.2) is 0 Å². The van der Waals surface area contributed by atoms with Crippen LogP contribution in [0.1, 0.15) is 27.7 Å². The van der Waals surface area contributed by atoms with Gasteiger partial charge in [0.1, 0.15) is 23.3 Å². The summed E-state index contributed by atoms with van der Waals surface area (Å²) < 4.78 is 1.49. The minimum absolute atomic E-state index is 0.112. The molecule has 7 nitrogen and oxygen atoms in total. The third kappa shape index (κ3) is 3.36. The van der Waals surface area contributed by atoms with Crippen LogP contribution in [0.15, 0.2) is 12.4 Å². The molecule has 0 bridgehead atoms. The Bertz CT molecular complexity index is 632. The zero-order valence-corrected chi connectivity index (χ0v) is 12.6. The highest BCUT2D eigenvalue weighted by molar-refractivity contribution is 6.29. The van der Waals surface area contributed by atoms with Crippen molar-refractivity contribution in [3.05, 3.63) is 17.5 Å². The van der Waals surface area contributed by atoms with Crippen LogP contribution in [0.2, 0.25) is 5.15 Å². The Hall–Kier alpha value is -1.89. The molecule has 108 valence electrons. The van der Waals surface area contributed by atoms with Crippen LogP contribution < -0.4 is 10.6 Å². The summed E-state index contributed by atoms with van der Waals surface area (Å²) in [5.41, 5.74) is -0.286. The van der Waals surface area contributed by atoms with Crippen molar-refractivity contribution in [2.24, 2.45) is 0 Å². The molecule has 2 aromatic rings. The van der Waals surface area contributed by atoms with Gasteiger partial charge in [0.2, 0.25) is 5.91 Å². The van der Waals surface area contributed by atoms with Crippen molar-refractivity contribution in [3.63, 3.8) is 0 Å². The number of anilines is 1. The fourth-order valence-corrected chi connectivity index (χ4v) is 1.83. The number of nitrogens with zero attached hydrogens (tertiary/aromatic N) is 4. The molecule has 0 fully saturated rings. The lowest BCUT2D eigenvalue weighted by molar-refractivity contribution is -0.122. The number of amides is 1. The Morgan fingerprint density at radius 3 is 2.80 bits per heavy atom. The molecule has 1 atom stereocenters. The largest absolute Gasteiger partial charge is 0.358 e. The Morgan fingerprint density at radius 1 is 1.45 bits per heavy atom. The van der Waals surface area contributed by atoms with E-state index in [1.54, 1.807) is 13.0 Å². The number of fused-ring (bicyclic) bond motifs is 1. The van der Waals surface area contributed by atoms with Crippen molar-refractivity contribution in [2.75, 3.05) is 5.32 Å². The van der Waals surface area contributed by atoms with Gasteiger partial charge in [-0.15, -0.1) is 0 Å². The minimum Gasteiger partial charge on any atom is -0.358 e. The van der Waals surface area contributed by atoms with Crippen LogP contribution in [-0.2, 0) is 4.79 Å². The quantitative estimate of drug-likeness (QED) is 0.838. The van der Waals surface area contributed by atoms with Crippen LogP contribution in [0.4, 0.5) is 5.82 Å². The van der Waals surface area contributed by atoms with Crippen molar-refractivity contribution in [1.29, 1.82) is 0 Å². The normalized spacial score (nSPS) is 13.2. The van der Waals surface area contributed by atoms with Gasteiger partial charge in [-0.05, 0) is 27.7 Å². The Balaban J connectivity index is 2.19. The monoisotopic (exact) mass is 296 g/mol. The zero-order chi connectivity index (χ0) is 14.9. The van der Waals surface area contributed by atoms with Gasteiger partial charge in [0.05, 0.1) is 0 Å². The minimum atomic E-state index is -0.444. The molecule has 2 heterocycles. The number of carbonyl (C=O) groups is 1. The molecule has 1 amide bonds. The highest BCUT2D eigenvalue weighted by atomic mass is 35.5.